The van der Waals surface area contributed by atoms with Gasteiger partial charge in [-0.05, 0) is 24.6 Å². The van der Waals surface area contributed by atoms with Crippen LogP contribution in [0.25, 0.3) is 10.4 Å². The molecule has 0 spiro atoms. The molecule has 0 aliphatic carbocycles. The maximum absolute atomic E-state index is 14.0. The van der Waals surface area contributed by atoms with E-state index in [4.69, 9.17) is 5.73 Å². The molecule has 19 heavy (non-hydrogen) atoms. The van der Waals surface area contributed by atoms with Gasteiger partial charge < -0.3 is 10.5 Å². The topological polar surface area (TPSA) is 52.3 Å². The number of benzene rings is 1. The van der Waals surface area contributed by atoms with Gasteiger partial charge >= 0.3 is 5.97 Å². The summed E-state index contributed by atoms with van der Waals surface area (Å²) in [6.45, 7) is 1.76. The van der Waals surface area contributed by atoms with E-state index in [1.165, 1.54) is 13.2 Å². The Hall–Kier alpha value is -1.40. The van der Waals surface area contributed by atoms with Crippen molar-refractivity contribution in [3.8, 4) is 10.4 Å². The zero-order chi connectivity index (χ0) is 14.2. The van der Waals surface area contributed by atoms with E-state index in [1.54, 1.807) is 19.1 Å². The van der Waals surface area contributed by atoms with Crippen LogP contribution in [-0.4, -0.2) is 13.1 Å². The summed E-state index contributed by atoms with van der Waals surface area (Å²) in [4.78, 5) is 12.5. The molecule has 0 unspecified atom stereocenters. The van der Waals surface area contributed by atoms with Crippen molar-refractivity contribution in [2.45, 2.75) is 6.92 Å². The van der Waals surface area contributed by atoms with Crippen molar-refractivity contribution in [2.75, 3.05) is 12.8 Å². The van der Waals surface area contributed by atoms with E-state index in [0.717, 1.165) is 11.3 Å². The minimum absolute atomic E-state index is 0.296. The van der Waals surface area contributed by atoms with Crippen molar-refractivity contribution < 1.29 is 13.9 Å². The first kappa shape index (κ1) is 14.0. The van der Waals surface area contributed by atoms with E-state index in [-0.39, 0.29) is 5.82 Å². The van der Waals surface area contributed by atoms with Crippen LogP contribution in [0.3, 0.4) is 0 Å². The Labute approximate surface area is 122 Å². The highest BCUT2D eigenvalue weighted by Crippen LogP contribution is 2.42. The van der Waals surface area contributed by atoms with E-state index in [9.17, 15) is 9.18 Å². The van der Waals surface area contributed by atoms with Crippen LogP contribution in [0.15, 0.2) is 22.7 Å². The van der Waals surface area contributed by atoms with E-state index in [0.29, 0.717) is 31.0 Å². The first-order valence-corrected chi connectivity index (χ1v) is 6.99. The second-order valence-electron chi connectivity index (χ2n) is 3.89. The smallest absolute Gasteiger partial charge is 0.350 e. The fourth-order valence-electron chi connectivity index (χ4n) is 1.72. The first-order chi connectivity index (χ1) is 8.97. The molecule has 6 heteroatoms. The van der Waals surface area contributed by atoms with Gasteiger partial charge in [0, 0.05) is 14.9 Å². The summed E-state index contributed by atoms with van der Waals surface area (Å²) >= 11 is 4.45. The van der Waals surface area contributed by atoms with E-state index in [2.05, 4.69) is 20.7 Å². The number of esters is 1. The molecule has 0 radical (unpaired) electrons. The number of carbonyl (C=O) groups excluding carboxylic acids is 1. The molecular weight excluding hydrogens is 333 g/mol. The number of anilines is 1. The van der Waals surface area contributed by atoms with Crippen molar-refractivity contribution in [3.05, 3.63) is 38.9 Å². The number of methoxy groups -OCH3 is 1. The molecule has 0 aliphatic rings. The Kier molecular flexibility index (Phi) is 3.91. The Morgan fingerprint density at radius 1 is 1.47 bits per heavy atom. The number of nitrogens with two attached hydrogens (primary N) is 1. The van der Waals surface area contributed by atoms with Gasteiger partial charge in [0.25, 0.3) is 0 Å². The van der Waals surface area contributed by atoms with Crippen molar-refractivity contribution >= 4 is 38.9 Å². The van der Waals surface area contributed by atoms with Gasteiger partial charge in [0.05, 0.1) is 12.8 Å². The lowest BCUT2D eigenvalue weighted by molar-refractivity contribution is 0.0607. The predicted octanol–water partition coefficient (Wildman–Crippen LogP) is 3.99. The van der Waals surface area contributed by atoms with Crippen LogP contribution in [0, 0.1) is 12.7 Å². The molecule has 1 aromatic heterocycles. The van der Waals surface area contributed by atoms with Gasteiger partial charge in [-0.2, -0.15) is 0 Å². The van der Waals surface area contributed by atoms with Crippen LogP contribution < -0.4 is 5.73 Å². The van der Waals surface area contributed by atoms with Gasteiger partial charge in [0.15, 0.2) is 0 Å². The summed E-state index contributed by atoms with van der Waals surface area (Å²) in [7, 11) is 1.29. The third-order valence-corrected chi connectivity index (χ3v) is 4.72. The number of halogens is 2. The van der Waals surface area contributed by atoms with Crippen molar-refractivity contribution in [1.29, 1.82) is 0 Å². The highest BCUT2D eigenvalue weighted by molar-refractivity contribution is 9.10. The number of hydrogen-bond acceptors (Lipinski definition) is 4. The molecule has 1 heterocycles. The number of carbonyl (C=O) groups is 1. The van der Waals surface area contributed by atoms with Crippen molar-refractivity contribution in [3.63, 3.8) is 0 Å². The van der Waals surface area contributed by atoms with E-state index >= 15 is 0 Å². The molecule has 2 N–H and O–H groups in total. The average Bonchev–Trinajstić information content (AvgIpc) is 2.66. The van der Waals surface area contributed by atoms with Crippen molar-refractivity contribution in [1.82, 2.24) is 0 Å². The van der Waals surface area contributed by atoms with Crippen LogP contribution in [0.1, 0.15) is 15.2 Å². The normalized spacial score (nSPS) is 10.5. The van der Waals surface area contributed by atoms with Crippen LogP contribution in [0.2, 0.25) is 0 Å². The van der Waals surface area contributed by atoms with Crippen LogP contribution in [0.5, 0.6) is 0 Å². The predicted molar refractivity (Wildman–Crippen MR) is 77.9 cm³/mol. The molecule has 1 aromatic carbocycles. The zero-order valence-corrected chi connectivity index (χ0v) is 12.7. The van der Waals surface area contributed by atoms with E-state index in [1.807, 2.05) is 0 Å². The Balaban J connectivity index is 2.68. The third-order valence-electron chi connectivity index (χ3n) is 2.75. The van der Waals surface area contributed by atoms with Gasteiger partial charge in [-0.1, -0.05) is 22.0 Å². The van der Waals surface area contributed by atoms with Crippen molar-refractivity contribution in [2.24, 2.45) is 0 Å². The highest BCUT2D eigenvalue weighted by atomic mass is 79.9. The number of thiophene rings is 1. The summed E-state index contributed by atoms with van der Waals surface area (Å²) in [6, 6.07) is 4.72. The molecular formula is C13H11BrFNO2S. The third kappa shape index (κ3) is 2.37. The largest absolute Gasteiger partial charge is 0.465 e. The fraction of sp³-hybridized carbons (Fsp3) is 0.154. The fourth-order valence-corrected chi connectivity index (χ4v) is 3.60. The van der Waals surface area contributed by atoms with Gasteiger partial charge in [-0.25, -0.2) is 9.18 Å². The summed E-state index contributed by atoms with van der Waals surface area (Å²) < 4.78 is 19.2. The number of ether oxygens (including phenoxy) is 1. The molecule has 0 bridgehead atoms. The molecule has 3 nitrogen and oxygen atoms in total. The summed E-state index contributed by atoms with van der Waals surface area (Å²) in [5, 5.41) is 0. The lowest BCUT2D eigenvalue weighted by atomic mass is 10.1. The lowest BCUT2D eigenvalue weighted by Crippen LogP contribution is -2.01. The molecule has 0 saturated carbocycles. The highest BCUT2D eigenvalue weighted by Gasteiger charge is 2.22. The first-order valence-electron chi connectivity index (χ1n) is 5.39. The summed E-state index contributed by atoms with van der Waals surface area (Å²) in [5.74, 6) is -0.876. The van der Waals surface area contributed by atoms with E-state index < -0.39 is 5.97 Å². The lowest BCUT2D eigenvalue weighted by Gasteiger charge is -2.04. The molecule has 2 rings (SSSR count). The standard InChI is InChI=1S/C13H11BrFNO2S/c1-6-10(16)12(13(17)18-2)19-11(6)9-7(14)4-3-5-8(9)15/h3-5H,16H2,1-2H3. The second kappa shape index (κ2) is 5.30. The Morgan fingerprint density at radius 2 is 2.16 bits per heavy atom. The van der Waals surface area contributed by atoms with Gasteiger partial charge in [-0.15, -0.1) is 11.3 Å². The van der Waals surface area contributed by atoms with Gasteiger partial charge in [0.2, 0.25) is 0 Å². The number of nitrogen functional groups attached to an aromatic ring is 1. The van der Waals surface area contributed by atoms with Gasteiger partial charge in [-0.3, -0.25) is 0 Å². The zero-order valence-electron chi connectivity index (χ0n) is 10.3. The minimum atomic E-state index is -0.510. The van der Waals surface area contributed by atoms with Gasteiger partial charge in [0.1, 0.15) is 10.7 Å². The summed E-state index contributed by atoms with van der Waals surface area (Å²) in [6.07, 6.45) is 0. The second-order valence-corrected chi connectivity index (χ2v) is 5.76. The Morgan fingerprint density at radius 3 is 2.74 bits per heavy atom. The maximum atomic E-state index is 14.0. The quantitative estimate of drug-likeness (QED) is 0.838. The minimum Gasteiger partial charge on any atom is -0.465 e. The molecule has 0 saturated heterocycles. The molecule has 0 aliphatic heterocycles. The maximum Gasteiger partial charge on any atom is 0.350 e. The molecule has 2 aromatic rings. The van der Waals surface area contributed by atoms with Crippen LogP contribution in [-0.2, 0) is 4.74 Å². The molecule has 0 atom stereocenters. The Bertz CT molecular complexity index is 634. The summed E-state index contributed by atoms with van der Waals surface area (Å²) in [5.41, 5.74) is 7.31. The number of rotatable bonds is 2. The molecule has 100 valence electrons. The molecule has 0 fully saturated rings. The van der Waals surface area contributed by atoms with Crippen LogP contribution in [0.4, 0.5) is 10.1 Å². The average molecular weight is 344 g/mol. The number of hydrogen-bond donors (Lipinski definition) is 1. The SMILES string of the molecule is COC(=O)c1sc(-c2c(F)cccc2Br)c(C)c1N. The van der Waals surface area contributed by atoms with Crippen LogP contribution >= 0.6 is 27.3 Å². The molecule has 0 amide bonds. The monoisotopic (exact) mass is 343 g/mol.